The van der Waals surface area contributed by atoms with E-state index in [1.165, 1.54) is 11.3 Å². The van der Waals surface area contributed by atoms with E-state index < -0.39 is 0 Å². The Hall–Kier alpha value is -0.390. The first kappa shape index (κ1) is 11.1. The van der Waals surface area contributed by atoms with Gasteiger partial charge in [0, 0.05) is 23.6 Å². The largest absolute Gasteiger partial charge is 0.334 e. The molecule has 1 atom stereocenters. The molecule has 1 amide bonds. The van der Waals surface area contributed by atoms with E-state index in [-0.39, 0.29) is 11.9 Å². The first-order chi connectivity index (χ1) is 7.24. The van der Waals surface area contributed by atoms with Crippen LogP contribution in [0.15, 0.2) is 15.9 Å². The summed E-state index contributed by atoms with van der Waals surface area (Å²) in [6.07, 6.45) is 2.10. The average Bonchev–Trinajstić information content (AvgIpc) is 2.84. The van der Waals surface area contributed by atoms with Gasteiger partial charge in [0.1, 0.15) is 4.88 Å². The number of likely N-dealkylation sites (tertiary alicyclic amines) is 1. The Labute approximate surface area is 101 Å². The lowest BCUT2D eigenvalue weighted by molar-refractivity contribution is 0.0745. The molecule has 82 valence electrons. The number of hydrogen-bond acceptors (Lipinski definition) is 3. The molecule has 1 aromatic heterocycles. The molecule has 0 aliphatic carbocycles. The molecule has 2 N–H and O–H groups in total. The maximum atomic E-state index is 12.1. The molecule has 1 saturated heterocycles. The van der Waals surface area contributed by atoms with Gasteiger partial charge < -0.3 is 10.6 Å². The van der Waals surface area contributed by atoms with Crippen LogP contribution in [0.4, 0.5) is 0 Å². The maximum absolute atomic E-state index is 12.1. The lowest BCUT2D eigenvalue weighted by atomic mass is 10.2. The van der Waals surface area contributed by atoms with Crippen LogP contribution < -0.4 is 5.73 Å². The third kappa shape index (κ3) is 2.09. The van der Waals surface area contributed by atoms with Crippen molar-refractivity contribution in [1.29, 1.82) is 0 Å². The fourth-order valence-electron chi connectivity index (χ4n) is 1.92. The molecule has 2 heterocycles. The van der Waals surface area contributed by atoms with Crippen molar-refractivity contribution in [2.24, 2.45) is 5.73 Å². The van der Waals surface area contributed by atoms with Crippen molar-refractivity contribution in [2.75, 3.05) is 13.1 Å². The Morgan fingerprint density at radius 1 is 1.73 bits per heavy atom. The standard InChI is InChI=1S/C10H13BrN2OS/c11-8-3-5-15-9(8)10(14)13-4-1-2-7(13)6-12/h3,5,7H,1-2,4,6,12H2. The molecule has 1 aliphatic heterocycles. The van der Waals surface area contributed by atoms with Crippen LogP contribution in [-0.4, -0.2) is 29.9 Å². The van der Waals surface area contributed by atoms with E-state index in [1.807, 2.05) is 16.3 Å². The molecule has 1 unspecified atom stereocenters. The summed E-state index contributed by atoms with van der Waals surface area (Å²) in [4.78, 5) is 14.8. The lowest BCUT2D eigenvalue weighted by Crippen LogP contribution is -2.39. The van der Waals surface area contributed by atoms with Gasteiger partial charge in [0.15, 0.2) is 0 Å². The number of nitrogens with two attached hydrogens (primary N) is 1. The van der Waals surface area contributed by atoms with E-state index in [0.29, 0.717) is 6.54 Å². The summed E-state index contributed by atoms with van der Waals surface area (Å²) in [6.45, 7) is 1.40. The van der Waals surface area contributed by atoms with E-state index in [0.717, 1.165) is 28.7 Å². The number of halogens is 1. The Bertz CT molecular complexity index is 366. The molecule has 2 rings (SSSR count). The van der Waals surface area contributed by atoms with Crippen LogP contribution in [-0.2, 0) is 0 Å². The molecule has 1 aromatic rings. The Balaban J connectivity index is 2.18. The topological polar surface area (TPSA) is 46.3 Å². The number of nitrogens with zero attached hydrogens (tertiary/aromatic N) is 1. The number of rotatable bonds is 2. The van der Waals surface area contributed by atoms with Gasteiger partial charge >= 0.3 is 0 Å². The quantitative estimate of drug-likeness (QED) is 0.906. The number of carbonyl (C=O) groups excluding carboxylic acids is 1. The third-order valence-corrected chi connectivity index (χ3v) is 4.55. The molecular weight excluding hydrogens is 276 g/mol. The first-order valence-electron chi connectivity index (χ1n) is 4.98. The zero-order valence-corrected chi connectivity index (χ0v) is 10.7. The minimum atomic E-state index is 0.116. The van der Waals surface area contributed by atoms with Gasteiger partial charge in [-0.2, -0.15) is 0 Å². The monoisotopic (exact) mass is 288 g/mol. The van der Waals surface area contributed by atoms with Gasteiger partial charge in [-0.15, -0.1) is 11.3 Å². The molecule has 3 nitrogen and oxygen atoms in total. The fourth-order valence-corrected chi connectivity index (χ4v) is 3.42. The second-order valence-corrected chi connectivity index (χ2v) is 5.40. The van der Waals surface area contributed by atoms with Crippen molar-refractivity contribution in [3.8, 4) is 0 Å². The van der Waals surface area contributed by atoms with E-state index in [2.05, 4.69) is 15.9 Å². The van der Waals surface area contributed by atoms with E-state index in [1.54, 1.807) is 0 Å². The highest BCUT2D eigenvalue weighted by Crippen LogP contribution is 2.27. The van der Waals surface area contributed by atoms with Gasteiger partial charge in [-0.05, 0) is 40.2 Å². The highest BCUT2D eigenvalue weighted by atomic mass is 79.9. The van der Waals surface area contributed by atoms with Crippen LogP contribution in [0.1, 0.15) is 22.5 Å². The van der Waals surface area contributed by atoms with Crippen molar-refractivity contribution in [2.45, 2.75) is 18.9 Å². The van der Waals surface area contributed by atoms with Crippen LogP contribution in [0.25, 0.3) is 0 Å². The number of hydrogen-bond donors (Lipinski definition) is 1. The summed E-state index contributed by atoms with van der Waals surface area (Å²) in [5, 5.41) is 1.92. The van der Waals surface area contributed by atoms with Crippen molar-refractivity contribution in [3.63, 3.8) is 0 Å². The van der Waals surface area contributed by atoms with Crippen molar-refractivity contribution in [1.82, 2.24) is 4.90 Å². The summed E-state index contributed by atoms with van der Waals surface area (Å²) < 4.78 is 0.889. The smallest absolute Gasteiger partial charge is 0.265 e. The predicted molar refractivity (Wildman–Crippen MR) is 65.1 cm³/mol. The summed E-state index contributed by atoms with van der Waals surface area (Å²) >= 11 is 4.87. The predicted octanol–water partition coefficient (Wildman–Crippen LogP) is 2.07. The van der Waals surface area contributed by atoms with Crippen LogP contribution in [0, 0.1) is 0 Å². The van der Waals surface area contributed by atoms with E-state index in [4.69, 9.17) is 5.73 Å². The minimum absolute atomic E-state index is 0.116. The average molecular weight is 289 g/mol. The molecule has 1 fully saturated rings. The van der Waals surface area contributed by atoms with Gasteiger partial charge in [0.05, 0.1) is 0 Å². The summed E-state index contributed by atoms with van der Waals surface area (Å²) in [5.41, 5.74) is 5.65. The van der Waals surface area contributed by atoms with Crippen molar-refractivity contribution in [3.05, 3.63) is 20.8 Å². The molecule has 0 aromatic carbocycles. The third-order valence-electron chi connectivity index (χ3n) is 2.72. The van der Waals surface area contributed by atoms with Gasteiger partial charge in [0.2, 0.25) is 0 Å². The summed E-state index contributed by atoms with van der Waals surface area (Å²) in [6, 6.07) is 2.14. The van der Waals surface area contributed by atoms with Crippen molar-refractivity contribution < 1.29 is 4.79 Å². The molecule has 0 radical (unpaired) electrons. The SMILES string of the molecule is NCC1CCCN1C(=O)c1sccc1Br. The van der Waals surface area contributed by atoms with Gasteiger partial charge in [-0.3, -0.25) is 4.79 Å². The molecule has 0 spiro atoms. The molecule has 5 heteroatoms. The van der Waals surface area contributed by atoms with E-state index >= 15 is 0 Å². The molecule has 15 heavy (non-hydrogen) atoms. The van der Waals surface area contributed by atoms with Gasteiger partial charge in [-0.1, -0.05) is 0 Å². The molecular formula is C10H13BrN2OS. The minimum Gasteiger partial charge on any atom is -0.334 e. The van der Waals surface area contributed by atoms with Crippen LogP contribution in [0.2, 0.25) is 0 Å². The zero-order valence-electron chi connectivity index (χ0n) is 8.28. The van der Waals surface area contributed by atoms with Crippen molar-refractivity contribution >= 4 is 33.2 Å². The second-order valence-electron chi connectivity index (χ2n) is 3.63. The molecule has 1 aliphatic rings. The number of amides is 1. The second kappa shape index (κ2) is 4.63. The van der Waals surface area contributed by atoms with E-state index in [9.17, 15) is 4.79 Å². The lowest BCUT2D eigenvalue weighted by Gasteiger charge is -2.22. The van der Waals surface area contributed by atoms with Crippen LogP contribution in [0.5, 0.6) is 0 Å². The first-order valence-corrected chi connectivity index (χ1v) is 6.65. The highest BCUT2D eigenvalue weighted by molar-refractivity contribution is 9.10. The zero-order chi connectivity index (χ0) is 10.8. The summed E-state index contributed by atoms with van der Waals surface area (Å²) in [5.74, 6) is 0.116. The maximum Gasteiger partial charge on any atom is 0.265 e. The normalized spacial score (nSPS) is 20.9. The number of carbonyl (C=O) groups is 1. The Morgan fingerprint density at radius 3 is 3.13 bits per heavy atom. The fraction of sp³-hybridized carbons (Fsp3) is 0.500. The Kier molecular flexibility index (Phi) is 3.43. The van der Waals surface area contributed by atoms with Crippen LogP contribution >= 0.6 is 27.3 Å². The molecule has 0 saturated carbocycles. The molecule has 0 bridgehead atoms. The van der Waals surface area contributed by atoms with Gasteiger partial charge in [-0.25, -0.2) is 0 Å². The number of thiophene rings is 1. The highest BCUT2D eigenvalue weighted by Gasteiger charge is 2.29. The van der Waals surface area contributed by atoms with Crippen LogP contribution in [0.3, 0.4) is 0 Å². The Morgan fingerprint density at radius 2 is 2.53 bits per heavy atom. The summed E-state index contributed by atoms with van der Waals surface area (Å²) in [7, 11) is 0. The van der Waals surface area contributed by atoms with Gasteiger partial charge in [0.25, 0.3) is 5.91 Å².